The molecule has 5 nitrogen and oxygen atoms in total. The topological polar surface area (TPSA) is 62.3 Å². The van der Waals surface area contributed by atoms with Crippen LogP contribution in [0.3, 0.4) is 0 Å². The predicted octanol–water partition coefficient (Wildman–Crippen LogP) is 2.09. The molecule has 116 valence electrons. The Bertz CT molecular complexity index is 678. The van der Waals surface area contributed by atoms with E-state index in [9.17, 15) is 8.42 Å². The fourth-order valence-corrected chi connectivity index (χ4v) is 5.25. The zero-order valence-corrected chi connectivity index (χ0v) is 14.1. The molecule has 3 rings (SSSR count). The zero-order chi connectivity index (χ0) is 14.2. The second-order valence-electron chi connectivity index (χ2n) is 4.95. The van der Waals surface area contributed by atoms with E-state index in [-0.39, 0.29) is 22.8 Å². The van der Waals surface area contributed by atoms with Gasteiger partial charge in [-0.25, -0.2) is 13.4 Å². The molecule has 0 unspecified atom stereocenters. The van der Waals surface area contributed by atoms with Crippen LogP contribution in [0.4, 0.5) is 0 Å². The molecular weight excluding hydrogens is 330 g/mol. The molecule has 0 bridgehead atoms. The number of benzene rings is 1. The number of para-hydroxylation sites is 1. The maximum atomic E-state index is 12.7. The lowest BCUT2D eigenvalue weighted by Gasteiger charge is -2.30. The van der Waals surface area contributed by atoms with Crippen molar-refractivity contribution in [1.82, 2.24) is 14.6 Å². The second kappa shape index (κ2) is 6.58. The van der Waals surface area contributed by atoms with Gasteiger partial charge in [-0.05, 0) is 38.1 Å². The van der Waals surface area contributed by atoms with E-state index in [2.05, 4.69) is 10.3 Å². The largest absolute Gasteiger partial charge is 0.317 e. The van der Waals surface area contributed by atoms with Gasteiger partial charge in [-0.2, -0.15) is 4.31 Å². The molecular formula is C13H18ClN3O2S2. The van der Waals surface area contributed by atoms with Crippen LogP contribution in [0.15, 0.2) is 28.6 Å². The van der Waals surface area contributed by atoms with Crippen LogP contribution >= 0.6 is 23.7 Å². The van der Waals surface area contributed by atoms with Gasteiger partial charge in [0.2, 0.25) is 4.34 Å². The number of hydrogen-bond donors (Lipinski definition) is 1. The van der Waals surface area contributed by atoms with Gasteiger partial charge in [-0.3, -0.25) is 0 Å². The number of thiazole rings is 1. The summed E-state index contributed by atoms with van der Waals surface area (Å²) in [6.45, 7) is 1.73. The third kappa shape index (κ3) is 3.22. The molecule has 1 saturated heterocycles. The molecule has 0 atom stereocenters. The van der Waals surface area contributed by atoms with Crippen LogP contribution in [-0.2, 0) is 10.0 Å². The van der Waals surface area contributed by atoms with Gasteiger partial charge in [0.25, 0.3) is 10.0 Å². The first-order valence-corrected chi connectivity index (χ1v) is 8.89. The van der Waals surface area contributed by atoms with Crippen molar-refractivity contribution >= 4 is 44.0 Å². The molecule has 0 spiro atoms. The van der Waals surface area contributed by atoms with Gasteiger partial charge in [0.05, 0.1) is 10.2 Å². The molecule has 0 aliphatic carbocycles. The van der Waals surface area contributed by atoms with Gasteiger partial charge in [0.1, 0.15) is 0 Å². The van der Waals surface area contributed by atoms with Crippen LogP contribution in [0.1, 0.15) is 12.8 Å². The number of fused-ring (bicyclic) bond motifs is 1. The average Bonchev–Trinajstić information content (AvgIpc) is 2.92. The second-order valence-corrected chi connectivity index (χ2v) is 8.15. The highest BCUT2D eigenvalue weighted by atomic mass is 35.5. The van der Waals surface area contributed by atoms with Crippen LogP contribution in [0, 0.1) is 0 Å². The van der Waals surface area contributed by atoms with Crippen molar-refractivity contribution in [3.63, 3.8) is 0 Å². The minimum atomic E-state index is -3.49. The van der Waals surface area contributed by atoms with Crippen LogP contribution < -0.4 is 5.32 Å². The highest BCUT2D eigenvalue weighted by molar-refractivity contribution is 7.91. The molecule has 21 heavy (non-hydrogen) atoms. The lowest BCUT2D eigenvalue weighted by molar-refractivity contribution is 0.296. The minimum Gasteiger partial charge on any atom is -0.317 e. The number of sulfonamides is 1. The van der Waals surface area contributed by atoms with E-state index in [4.69, 9.17) is 0 Å². The predicted molar refractivity (Wildman–Crippen MR) is 87.7 cm³/mol. The molecule has 1 aromatic heterocycles. The Balaban J connectivity index is 0.00000161. The Morgan fingerprint density at radius 1 is 1.29 bits per heavy atom. The van der Waals surface area contributed by atoms with Gasteiger partial charge >= 0.3 is 0 Å². The molecule has 1 N–H and O–H groups in total. The van der Waals surface area contributed by atoms with E-state index in [0.29, 0.717) is 0 Å². The van der Waals surface area contributed by atoms with E-state index < -0.39 is 10.0 Å². The van der Waals surface area contributed by atoms with Crippen LogP contribution in [0.5, 0.6) is 0 Å². The average molecular weight is 348 g/mol. The van der Waals surface area contributed by atoms with Gasteiger partial charge in [-0.15, -0.1) is 23.7 Å². The summed E-state index contributed by atoms with van der Waals surface area (Å²) in [5.41, 5.74) is 0.745. The molecule has 8 heteroatoms. The van der Waals surface area contributed by atoms with Crippen molar-refractivity contribution < 1.29 is 8.42 Å². The SMILES string of the molecule is CN(C1CCNCC1)S(=O)(=O)c1nc2ccccc2s1.Cl. The van der Waals surface area contributed by atoms with Crippen LogP contribution in [0.25, 0.3) is 10.2 Å². The smallest absolute Gasteiger partial charge is 0.270 e. The number of aromatic nitrogens is 1. The fourth-order valence-electron chi connectivity index (χ4n) is 2.45. The summed E-state index contributed by atoms with van der Waals surface area (Å²) in [5.74, 6) is 0. The number of piperidine rings is 1. The summed E-state index contributed by atoms with van der Waals surface area (Å²) in [7, 11) is -1.82. The Labute approximate surface area is 134 Å². The van der Waals surface area contributed by atoms with E-state index in [1.165, 1.54) is 15.6 Å². The molecule has 1 aliphatic rings. The molecule has 2 aromatic rings. The lowest BCUT2D eigenvalue weighted by Crippen LogP contribution is -2.43. The van der Waals surface area contributed by atoms with Gasteiger partial charge in [0.15, 0.2) is 0 Å². The standard InChI is InChI=1S/C13H17N3O2S2.ClH/c1-16(10-6-8-14-9-7-10)20(17,18)13-15-11-4-2-3-5-12(11)19-13;/h2-5,10,14H,6-9H2,1H3;1H. The van der Waals surface area contributed by atoms with Crippen molar-refractivity contribution in [3.8, 4) is 0 Å². The Morgan fingerprint density at radius 2 is 1.95 bits per heavy atom. The van der Waals surface area contributed by atoms with E-state index in [1.807, 2.05) is 24.3 Å². The quantitative estimate of drug-likeness (QED) is 0.923. The van der Waals surface area contributed by atoms with Gasteiger partial charge < -0.3 is 5.32 Å². The summed E-state index contributed by atoms with van der Waals surface area (Å²) >= 11 is 1.24. The van der Waals surface area contributed by atoms with Gasteiger partial charge in [0, 0.05) is 13.1 Å². The molecule has 2 heterocycles. The number of nitrogens with one attached hydrogen (secondary N) is 1. The molecule has 0 amide bonds. The van der Waals surface area contributed by atoms with Crippen molar-refractivity contribution in [3.05, 3.63) is 24.3 Å². The Morgan fingerprint density at radius 3 is 2.62 bits per heavy atom. The van der Waals surface area contributed by atoms with Crippen LogP contribution in [0.2, 0.25) is 0 Å². The summed E-state index contributed by atoms with van der Waals surface area (Å²) in [5, 5.41) is 3.25. The monoisotopic (exact) mass is 347 g/mol. The maximum Gasteiger partial charge on any atom is 0.270 e. The van der Waals surface area contributed by atoms with Crippen molar-refractivity contribution in [2.24, 2.45) is 0 Å². The fraction of sp³-hybridized carbons (Fsp3) is 0.462. The number of halogens is 1. The zero-order valence-electron chi connectivity index (χ0n) is 11.7. The summed E-state index contributed by atoms with van der Waals surface area (Å²) < 4.78 is 27.9. The summed E-state index contributed by atoms with van der Waals surface area (Å²) in [4.78, 5) is 4.27. The summed E-state index contributed by atoms with van der Waals surface area (Å²) in [6.07, 6.45) is 1.70. The Kier molecular flexibility index (Phi) is 5.21. The molecule has 1 aromatic carbocycles. The maximum absolute atomic E-state index is 12.7. The first kappa shape index (κ1) is 16.6. The lowest BCUT2D eigenvalue weighted by atomic mass is 10.1. The number of nitrogens with zero attached hydrogens (tertiary/aromatic N) is 2. The number of rotatable bonds is 3. The van der Waals surface area contributed by atoms with Crippen molar-refractivity contribution in [2.45, 2.75) is 23.2 Å². The molecule has 0 radical (unpaired) electrons. The highest BCUT2D eigenvalue weighted by Gasteiger charge is 2.31. The normalized spacial score (nSPS) is 17.0. The third-order valence-corrected chi connectivity index (χ3v) is 7.00. The van der Waals surface area contributed by atoms with Crippen molar-refractivity contribution in [1.29, 1.82) is 0 Å². The van der Waals surface area contributed by atoms with E-state index in [0.717, 1.165) is 36.1 Å². The van der Waals surface area contributed by atoms with E-state index in [1.54, 1.807) is 7.05 Å². The highest BCUT2D eigenvalue weighted by Crippen LogP contribution is 2.28. The summed E-state index contributed by atoms with van der Waals surface area (Å²) in [6, 6.07) is 7.57. The molecule has 1 aliphatic heterocycles. The Hall–Kier alpha value is -0.730. The van der Waals surface area contributed by atoms with Crippen molar-refractivity contribution in [2.75, 3.05) is 20.1 Å². The van der Waals surface area contributed by atoms with E-state index >= 15 is 0 Å². The van der Waals surface area contributed by atoms with Gasteiger partial charge in [-0.1, -0.05) is 12.1 Å². The first-order valence-electron chi connectivity index (χ1n) is 6.63. The minimum absolute atomic E-state index is 0. The third-order valence-electron chi connectivity index (χ3n) is 3.70. The number of hydrogen-bond acceptors (Lipinski definition) is 5. The first-order chi connectivity index (χ1) is 9.59. The van der Waals surface area contributed by atoms with Crippen LogP contribution in [-0.4, -0.2) is 43.9 Å². The molecule has 1 fully saturated rings. The molecule has 0 saturated carbocycles.